The van der Waals surface area contributed by atoms with Gasteiger partial charge in [0.05, 0.1) is 48.8 Å². The largest absolute Gasteiger partial charge is 0.509 e. The number of likely N-dealkylation sites (N-methyl/N-ethyl adjacent to an activating group) is 1. The Balaban J connectivity index is 1.38. The summed E-state index contributed by atoms with van der Waals surface area (Å²) in [6.07, 6.45) is -7.36. The predicted molar refractivity (Wildman–Crippen MR) is 185 cm³/mol. The lowest BCUT2D eigenvalue weighted by atomic mass is 9.88. The molecule has 0 saturated heterocycles. The molecule has 1 fully saturated rings. The predicted octanol–water partition coefficient (Wildman–Crippen LogP) is 6.33. The lowest BCUT2D eigenvalue weighted by molar-refractivity contribution is -0.163. The Morgan fingerprint density at radius 3 is 2.33 bits per heavy atom. The number of aliphatic hydroxyl groups is 3. The summed E-state index contributed by atoms with van der Waals surface area (Å²) in [7, 11) is 1.42. The van der Waals surface area contributed by atoms with E-state index in [-0.39, 0.29) is 31.6 Å². The van der Waals surface area contributed by atoms with Crippen molar-refractivity contribution in [2.45, 2.75) is 75.5 Å². The number of carbonyl (C=O) groups excluding carboxylic acids is 2. The van der Waals surface area contributed by atoms with Gasteiger partial charge in [0.1, 0.15) is 29.5 Å². The number of aliphatic hydroxyl groups excluding tert-OH is 3. The summed E-state index contributed by atoms with van der Waals surface area (Å²) in [6, 6.07) is 4.50. The van der Waals surface area contributed by atoms with E-state index in [4.69, 9.17) is 14.6 Å². The third kappa shape index (κ3) is 9.62. The minimum absolute atomic E-state index is 0.0226. The number of alkyl halides is 6. The Morgan fingerprint density at radius 1 is 0.965 bits per heavy atom. The SMILES string of the molecule is CN1N(Cc2ccc(OCCCCCOC[C@H](O)CO)c(F)c2F)C(=O)C(C(=O)Nc2ccc(C(F)(F)F)cc2-c2cc(C(F)(F)F)ncn2)=C(O)C12CCCC2. The number of nitrogens with zero attached hydrogens (tertiary/aromatic N) is 4. The number of hydrogen-bond donors (Lipinski definition) is 4. The van der Waals surface area contributed by atoms with Crippen molar-refractivity contribution in [2.24, 2.45) is 0 Å². The smallest absolute Gasteiger partial charge is 0.433 e. The average molecular weight is 818 g/mol. The van der Waals surface area contributed by atoms with Crippen molar-refractivity contribution in [1.29, 1.82) is 0 Å². The number of hydrogen-bond acceptors (Lipinski definition) is 10. The Morgan fingerprint density at radius 2 is 1.67 bits per heavy atom. The van der Waals surface area contributed by atoms with Gasteiger partial charge in [0, 0.05) is 24.8 Å². The Bertz CT molecular complexity index is 1970. The molecule has 57 heavy (non-hydrogen) atoms. The van der Waals surface area contributed by atoms with E-state index < -0.39 is 106 Å². The van der Waals surface area contributed by atoms with E-state index in [9.17, 15) is 46.1 Å². The van der Waals surface area contributed by atoms with Crippen LogP contribution in [0, 0.1) is 11.6 Å². The Labute approximate surface area is 320 Å². The number of anilines is 1. The number of benzene rings is 2. The maximum Gasteiger partial charge on any atom is 0.433 e. The lowest BCUT2D eigenvalue weighted by Crippen LogP contribution is -2.62. The lowest BCUT2D eigenvalue weighted by Gasteiger charge is -2.48. The van der Waals surface area contributed by atoms with Crippen LogP contribution in [-0.2, 0) is 33.2 Å². The fraction of sp³-hybridized carbons (Fsp3) is 0.459. The van der Waals surface area contributed by atoms with Gasteiger partial charge >= 0.3 is 12.4 Å². The first-order valence-electron chi connectivity index (χ1n) is 17.8. The summed E-state index contributed by atoms with van der Waals surface area (Å²) in [4.78, 5) is 34.8. The molecule has 2 amide bonds. The molecule has 0 unspecified atom stereocenters. The highest BCUT2D eigenvalue weighted by Crippen LogP contribution is 2.45. The van der Waals surface area contributed by atoms with E-state index in [0.29, 0.717) is 63.2 Å². The van der Waals surface area contributed by atoms with Crippen molar-refractivity contribution in [3.05, 3.63) is 82.5 Å². The molecule has 5 rings (SSSR count). The second kappa shape index (κ2) is 17.7. The summed E-state index contributed by atoms with van der Waals surface area (Å²) >= 11 is 0. The van der Waals surface area contributed by atoms with Gasteiger partial charge in [-0.1, -0.05) is 18.9 Å². The number of carbonyl (C=O) groups is 2. The molecular formula is C37H39F8N5O7. The molecule has 12 nitrogen and oxygen atoms in total. The maximum absolute atomic E-state index is 15.5. The van der Waals surface area contributed by atoms with Crippen LogP contribution < -0.4 is 10.1 Å². The Hall–Kier alpha value is -4.92. The van der Waals surface area contributed by atoms with Crippen LogP contribution in [0.25, 0.3) is 11.3 Å². The Kier molecular flexibility index (Phi) is 13.4. The van der Waals surface area contributed by atoms with Crippen LogP contribution in [0.3, 0.4) is 0 Å². The third-order valence-corrected chi connectivity index (χ3v) is 9.75. The number of aromatic nitrogens is 2. The van der Waals surface area contributed by atoms with E-state index in [1.54, 1.807) is 0 Å². The standard InChI is InChI=1S/C37H39F8N5O7/c1-49-35(11-3-4-12-35)32(53)29(33(54)48-25-9-8-22(36(40,41)42)15-24(25)26-16-28(37(43,44)45)47-20-46-26)34(55)50(49)17-21-7-10-27(31(39)30(21)38)57-14-6-2-5-13-56-19-23(52)18-51/h7-10,15-16,20,23,51-53H,2-6,11-14,17-19H2,1H3,(H,48,54)/t23-/m1/s1. The number of unbranched alkanes of at least 4 members (excludes halogenated alkanes) is 2. The van der Waals surface area contributed by atoms with Gasteiger partial charge in [-0.25, -0.2) is 19.4 Å². The average Bonchev–Trinajstić information content (AvgIpc) is 3.67. The zero-order valence-corrected chi connectivity index (χ0v) is 30.4. The fourth-order valence-electron chi connectivity index (χ4n) is 6.68. The van der Waals surface area contributed by atoms with Crippen molar-refractivity contribution >= 4 is 17.5 Å². The normalized spacial score (nSPS) is 16.8. The number of nitrogens with one attached hydrogen (secondary N) is 1. The maximum atomic E-state index is 15.5. The third-order valence-electron chi connectivity index (χ3n) is 9.75. The van der Waals surface area contributed by atoms with Gasteiger partial charge in [-0.3, -0.25) is 14.6 Å². The summed E-state index contributed by atoms with van der Waals surface area (Å²) in [5.74, 6) is -6.30. The molecule has 1 atom stereocenters. The summed E-state index contributed by atoms with van der Waals surface area (Å²) in [5, 5.41) is 34.1. The molecule has 20 heteroatoms. The van der Waals surface area contributed by atoms with Gasteiger partial charge in [0.15, 0.2) is 11.6 Å². The van der Waals surface area contributed by atoms with Gasteiger partial charge in [0.2, 0.25) is 5.82 Å². The molecule has 1 saturated carbocycles. The molecular weight excluding hydrogens is 778 g/mol. The van der Waals surface area contributed by atoms with Crippen LogP contribution in [0.4, 0.5) is 40.8 Å². The molecule has 0 bridgehead atoms. The first kappa shape index (κ1) is 43.2. The van der Waals surface area contributed by atoms with Gasteiger partial charge in [-0.2, -0.15) is 30.7 Å². The molecule has 1 spiro atoms. The van der Waals surface area contributed by atoms with Crippen molar-refractivity contribution in [3.63, 3.8) is 0 Å². The molecule has 3 aromatic rings. The summed E-state index contributed by atoms with van der Waals surface area (Å²) < 4.78 is 123. The zero-order chi connectivity index (χ0) is 41.7. The molecule has 1 aliphatic heterocycles. The molecule has 2 heterocycles. The van der Waals surface area contributed by atoms with Crippen LogP contribution in [0.15, 0.2) is 54.1 Å². The minimum Gasteiger partial charge on any atom is -0.509 e. The quantitative estimate of drug-likeness (QED) is 0.0777. The molecule has 2 aromatic carbocycles. The zero-order valence-electron chi connectivity index (χ0n) is 30.4. The van der Waals surface area contributed by atoms with E-state index in [2.05, 4.69) is 15.3 Å². The molecule has 1 aromatic heterocycles. The second-order valence-electron chi connectivity index (χ2n) is 13.5. The molecule has 1 aliphatic carbocycles. The first-order valence-corrected chi connectivity index (χ1v) is 17.8. The number of rotatable bonds is 15. The number of hydrazine groups is 1. The van der Waals surface area contributed by atoms with E-state index in [1.165, 1.54) is 18.1 Å². The number of halogens is 8. The van der Waals surface area contributed by atoms with Crippen LogP contribution in [0.5, 0.6) is 5.75 Å². The summed E-state index contributed by atoms with van der Waals surface area (Å²) in [6.45, 7) is -0.761. The minimum atomic E-state index is -5.00. The second-order valence-corrected chi connectivity index (χ2v) is 13.5. The highest BCUT2D eigenvalue weighted by molar-refractivity contribution is 6.24. The van der Waals surface area contributed by atoms with Gasteiger partial charge < -0.3 is 30.1 Å². The van der Waals surface area contributed by atoms with Crippen LogP contribution in [0.1, 0.15) is 61.8 Å². The number of amides is 2. The highest BCUT2D eigenvalue weighted by atomic mass is 19.4. The van der Waals surface area contributed by atoms with E-state index >= 15 is 8.78 Å². The van der Waals surface area contributed by atoms with E-state index in [1.807, 2.05) is 0 Å². The van der Waals surface area contributed by atoms with Crippen LogP contribution >= 0.6 is 0 Å². The van der Waals surface area contributed by atoms with Crippen LogP contribution in [0.2, 0.25) is 0 Å². The molecule has 310 valence electrons. The summed E-state index contributed by atoms with van der Waals surface area (Å²) in [5.41, 5.74) is -7.09. The van der Waals surface area contributed by atoms with Crippen LogP contribution in [-0.4, -0.2) is 92.2 Å². The topological polar surface area (TPSA) is 158 Å². The number of ether oxygens (including phenoxy) is 2. The van der Waals surface area contributed by atoms with E-state index in [0.717, 1.165) is 17.1 Å². The fourth-order valence-corrected chi connectivity index (χ4v) is 6.68. The first-order chi connectivity index (χ1) is 26.9. The molecule has 4 N–H and O–H groups in total. The molecule has 2 aliphatic rings. The van der Waals surface area contributed by atoms with Gasteiger partial charge in [-0.15, -0.1) is 0 Å². The highest BCUT2D eigenvalue weighted by Gasteiger charge is 2.53. The van der Waals surface area contributed by atoms with Crippen molar-refractivity contribution < 1.29 is 69.5 Å². The van der Waals surface area contributed by atoms with Crippen molar-refractivity contribution in [3.8, 4) is 17.0 Å². The molecule has 0 radical (unpaired) electrons. The van der Waals surface area contributed by atoms with Crippen molar-refractivity contribution in [2.75, 3.05) is 38.8 Å². The van der Waals surface area contributed by atoms with Crippen molar-refractivity contribution in [1.82, 2.24) is 20.0 Å². The van der Waals surface area contributed by atoms with Gasteiger partial charge in [0.25, 0.3) is 11.8 Å². The van der Waals surface area contributed by atoms with Gasteiger partial charge in [-0.05, 0) is 62.4 Å². The monoisotopic (exact) mass is 817 g/mol.